The minimum Gasteiger partial charge on any atom is -0.481 e. The number of rotatable bonds is 3. The standard InChI is InChI=1S/C13H14O2S/c1-8(13(14)15)6-10-4-3-5-11-9(2)7-16-12(10)11/h3-5,7-8H,6H2,1-2H3,(H,14,15). The van der Waals surface area contributed by atoms with Gasteiger partial charge < -0.3 is 5.11 Å². The van der Waals surface area contributed by atoms with Crippen molar-refractivity contribution in [2.75, 3.05) is 0 Å². The lowest BCUT2D eigenvalue weighted by atomic mass is 10.00. The molecule has 0 aliphatic heterocycles. The van der Waals surface area contributed by atoms with E-state index in [1.165, 1.54) is 15.6 Å². The van der Waals surface area contributed by atoms with Gasteiger partial charge in [-0.1, -0.05) is 25.1 Å². The molecule has 0 amide bonds. The maximum atomic E-state index is 10.8. The molecule has 0 spiro atoms. The van der Waals surface area contributed by atoms with Gasteiger partial charge in [0.05, 0.1) is 5.92 Å². The topological polar surface area (TPSA) is 37.3 Å². The van der Waals surface area contributed by atoms with Crippen molar-refractivity contribution < 1.29 is 9.90 Å². The van der Waals surface area contributed by atoms with Crippen molar-refractivity contribution in [3.05, 3.63) is 34.7 Å². The van der Waals surface area contributed by atoms with Crippen molar-refractivity contribution >= 4 is 27.4 Å². The lowest BCUT2D eigenvalue weighted by Crippen LogP contribution is -2.12. The minimum atomic E-state index is -0.731. The van der Waals surface area contributed by atoms with Crippen molar-refractivity contribution in [3.63, 3.8) is 0 Å². The fourth-order valence-corrected chi connectivity index (χ4v) is 2.90. The van der Waals surface area contributed by atoms with Crippen LogP contribution in [-0.4, -0.2) is 11.1 Å². The maximum absolute atomic E-state index is 10.8. The van der Waals surface area contributed by atoms with E-state index in [2.05, 4.69) is 18.4 Å². The average Bonchev–Trinajstić information content (AvgIpc) is 2.62. The molecule has 1 unspecified atom stereocenters. The predicted octanol–water partition coefficient (Wildman–Crippen LogP) is 3.47. The van der Waals surface area contributed by atoms with E-state index in [1.807, 2.05) is 12.1 Å². The normalized spacial score (nSPS) is 12.9. The number of hydrogen-bond acceptors (Lipinski definition) is 2. The third-order valence-electron chi connectivity index (χ3n) is 2.82. The molecule has 3 heteroatoms. The predicted molar refractivity (Wildman–Crippen MR) is 67.1 cm³/mol. The molecule has 0 saturated carbocycles. The van der Waals surface area contributed by atoms with Gasteiger partial charge in [0, 0.05) is 4.70 Å². The second-order valence-electron chi connectivity index (χ2n) is 4.16. The summed E-state index contributed by atoms with van der Waals surface area (Å²) in [6.45, 7) is 3.84. The molecule has 1 heterocycles. The Labute approximate surface area is 98.5 Å². The van der Waals surface area contributed by atoms with Gasteiger partial charge in [-0.3, -0.25) is 4.79 Å². The van der Waals surface area contributed by atoms with Crippen LogP contribution in [0.2, 0.25) is 0 Å². The summed E-state index contributed by atoms with van der Waals surface area (Å²) in [5, 5.41) is 12.3. The zero-order valence-electron chi connectivity index (χ0n) is 9.36. The molecule has 0 aliphatic rings. The van der Waals surface area contributed by atoms with Crippen LogP contribution in [0, 0.1) is 12.8 Å². The van der Waals surface area contributed by atoms with E-state index in [0.29, 0.717) is 6.42 Å². The van der Waals surface area contributed by atoms with Gasteiger partial charge in [-0.25, -0.2) is 0 Å². The van der Waals surface area contributed by atoms with Gasteiger partial charge in [-0.2, -0.15) is 0 Å². The molecule has 1 aromatic carbocycles. The summed E-state index contributed by atoms with van der Waals surface area (Å²) in [7, 11) is 0. The Balaban J connectivity index is 2.41. The summed E-state index contributed by atoms with van der Waals surface area (Å²) >= 11 is 1.70. The molecule has 84 valence electrons. The number of carboxylic acids is 1. The fourth-order valence-electron chi connectivity index (χ4n) is 1.82. The smallest absolute Gasteiger partial charge is 0.306 e. The molecule has 1 atom stereocenters. The fraction of sp³-hybridized carbons (Fsp3) is 0.308. The number of benzene rings is 1. The highest BCUT2D eigenvalue weighted by atomic mass is 32.1. The number of aryl methyl sites for hydroxylation is 1. The van der Waals surface area contributed by atoms with Crippen LogP contribution in [-0.2, 0) is 11.2 Å². The van der Waals surface area contributed by atoms with E-state index < -0.39 is 5.97 Å². The largest absolute Gasteiger partial charge is 0.481 e. The van der Waals surface area contributed by atoms with Crippen LogP contribution < -0.4 is 0 Å². The van der Waals surface area contributed by atoms with Gasteiger partial charge >= 0.3 is 5.97 Å². The lowest BCUT2D eigenvalue weighted by molar-refractivity contribution is -0.141. The molecular formula is C13H14O2S. The van der Waals surface area contributed by atoms with Crippen LogP contribution in [0.3, 0.4) is 0 Å². The van der Waals surface area contributed by atoms with Gasteiger partial charge in [0.15, 0.2) is 0 Å². The summed E-state index contributed by atoms with van der Waals surface area (Å²) in [5.74, 6) is -1.06. The van der Waals surface area contributed by atoms with Gasteiger partial charge in [-0.05, 0) is 35.2 Å². The molecule has 2 rings (SSSR count). The molecule has 0 aliphatic carbocycles. The van der Waals surface area contributed by atoms with Crippen LogP contribution in [0.5, 0.6) is 0 Å². The van der Waals surface area contributed by atoms with Gasteiger partial charge in [0.25, 0.3) is 0 Å². The second-order valence-corrected chi connectivity index (χ2v) is 5.04. The summed E-state index contributed by atoms with van der Waals surface area (Å²) in [6.07, 6.45) is 0.604. The van der Waals surface area contributed by atoms with Crippen LogP contribution in [0.1, 0.15) is 18.1 Å². The van der Waals surface area contributed by atoms with Crippen molar-refractivity contribution in [2.45, 2.75) is 20.3 Å². The van der Waals surface area contributed by atoms with Crippen molar-refractivity contribution in [1.82, 2.24) is 0 Å². The summed E-state index contributed by atoms with van der Waals surface area (Å²) in [5.41, 5.74) is 2.41. The molecule has 0 fully saturated rings. The first-order chi connectivity index (χ1) is 7.59. The van der Waals surface area contributed by atoms with Gasteiger partial charge in [0.1, 0.15) is 0 Å². The van der Waals surface area contributed by atoms with Crippen LogP contribution >= 0.6 is 11.3 Å². The number of carboxylic acid groups (broad SMARTS) is 1. The quantitative estimate of drug-likeness (QED) is 0.882. The molecule has 0 radical (unpaired) electrons. The van der Waals surface area contributed by atoms with E-state index in [0.717, 1.165) is 5.56 Å². The first kappa shape index (κ1) is 11.1. The van der Waals surface area contributed by atoms with Crippen LogP contribution in [0.4, 0.5) is 0 Å². The van der Waals surface area contributed by atoms with Crippen molar-refractivity contribution in [1.29, 1.82) is 0 Å². The van der Waals surface area contributed by atoms with Crippen molar-refractivity contribution in [3.8, 4) is 0 Å². The third kappa shape index (κ3) is 1.95. The average molecular weight is 234 g/mol. The Hall–Kier alpha value is -1.35. The van der Waals surface area contributed by atoms with E-state index in [1.54, 1.807) is 18.3 Å². The number of thiophene rings is 1. The second kappa shape index (κ2) is 4.26. The molecule has 2 nitrogen and oxygen atoms in total. The Kier molecular flexibility index (Phi) is 2.97. The molecule has 0 saturated heterocycles. The summed E-state index contributed by atoms with van der Waals surface area (Å²) in [6, 6.07) is 6.12. The first-order valence-corrected chi connectivity index (χ1v) is 6.16. The Morgan fingerprint density at radius 1 is 1.50 bits per heavy atom. The number of hydrogen-bond donors (Lipinski definition) is 1. The van der Waals surface area contributed by atoms with E-state index >= 15 is 0 Å². The molecule has 16 heavy (non-hydrogen) atoms. The van der Waals surface area contributed by atoms with E-state index in [9.17, 15) is 4.79 Å². The van der Waals surface area contributed by atoms with E-state index in [4.69, 9.17) is 5.11 Å². The van der Waals surface area contributed by atoms with Gasteiger partial charge in [0.2, 0.25) is 0 Å². The van der Waals surface area contributed by atoms with E-state index in [-0.39, 0.29) is 5.92 Å². The minimum absolute atomic E-state index is 0.326. The summed E-state index contributed by atoms with van der Waals surface area (Å²) in [4.78, 5) is 10.8. The highest BCUT2D eigenvalue weighted by Crippen LogP contribution is 2.29. The van der Waals surface area contributed by atoms with Crippen LogP contribution in [0.15, 0.2) is 23.6 Å². The third-order valence-corrected chi connectivity index (χ3v) is 4.01. The Morgan fingerprint density at radius 2 is 2.25 bits per heavy atom. The summed E-state index contributed by atoms with van der Waals surface area (Å²) < 4.78 is 1.23. The number of aliphatic carboxylic acids is 1. The van der Waals surface area contributed by atoms with Gasteiger partial charge in [-0.15, -0.1) is 11.3 Å². The zero-order chi connectivity index (χ0) is 11.7. The lowest BCUT2D eigenvalue weighted by Gasteiger charge is -2.07. The highest BCUT2D eigenvalue weighted by Gasteiger charge is 2.14. The number of carbonyl (C=O) groups is 1. The molecule has 0 bridgehead atoms. The SMILES string of the molecule is Cc1csc2c(CC(C)C(=O)O)cccc12. The molecule has 1 aromatic heterocycles. The zero-order valence-corrected chi connectivity index (χ0v) is 10.2. The Morgan fingerprint density at radius 3 is 2.94 bits per heavy atom. The first-order valence-electron chi connectivity index (χ1n) is 5.28. The number of fused-ring (bicyclic) bond motifs is 1. The monoisotopic (exact) mass is 234 g/mol. The van der Waals surface area contributed by atoms with Crippen molar-refractivity contribution in [2.24, 2.45) is 5.92 Å². The molecule has 1 N–H and O–H groups in total. The maximum Gasteiger partial charge on any atom is 0.306 e. The molecule has 2 aromatic rings. The van der Waals surface area contributed by atoms with Crippen LogP contribution in [0.25, 0.3) is 10.1 Å². The molecular weight excluding hydrogens is 220 g/mol. The Bertz CT molecular complexity index is 528. The highest BCUT2D eigenvalue weighted by molar-refractivity contribution is 7.17.